The van der Waals surface area contributed by atoms with Gasteiger partial charge in [-0.15, -0.1) is 0 Å². The zero-order valence-corrected chi connectivity index (χ0v) is 10.9. The molecule has 0 heterocycles. The maximum absolute atomic E-state index is 13.5. The van der Waals surface area contributed by atoms with Crippen LogP contribution in [0.3, 0.4) is 0 Å². The molecule has 5 nitrogen and oxygen atoms in total. The predicted octanol–water partition coefficient (Wildman–Crippen LogP) is 1.68. The van der Waals surface area contributed by atoms with Gasteiger partial charge in [-0.05, 0) is 24.6 Å². The lowest BCUT2D eigenvalue weighted by molar-refractivity contribution is -0.117. The second kappa shape index (κ2) is 6.84. The number of nitrogens with one attached hydrogen (secondary N) is 1. The van der Waals surface area contributed by atoms with E-state index in [2.05, 4.69) is 10.1 Å². The number of nitrogens with two attached hydrogens (primary N) is 1. The summed E-state index contributed by atoms with van der Waals surface area (Å²) in [5, 5.41) is 2.37. The van der Waals surface area contributed by atoms with Gasteiger partial charge in [0.25, 0.3) is 0 Å². The Balaban J connectivity index is 2.88. The number of esters is 1. The van der Waals surface area contributed by atoms with Crippen molar-refractivity contribution in [2.75, 3.05) is 12.4 Å². The Bertz CT molecular complexity index is 477. The highest BCUT2D eigenvalue weighted by molar-refractivity contribution is 5.96. The van der Waals surface area contributed by atoms with Crippen molar-refractivity contribution in [1.82, 2.24) is 0 Å². The largest absolute Gasteiger partial charge is 0.465 e. The Kier molecular flexibility index (Phi) is 5.44. The van der Waals surface area contributed by atoms with Crippen LogP contribution in [0.1, 0.15) is 30.1 Å². The van der Waals surface area contributed by atoms with Crippen LogP contribution in [0.2, 0.25) is 0 Å². The number of hydrogen-bond donors (Lipinski definition) is 2. The Morgan fingerprint density at radius 1 is 1.47 bits per heavy atom. The van der Waals surface area contributed by atoms with Gasteiger partial charge in [0.1, 0.15) is 5.82 Å². The summed E-state index contributed by atoms with van der Waals surface area (Å²) in [5.74, 6) is -1.72. The van der Waals surface area contributed by atoms with Gasteiger partial charge in [-0.25, -0.2) is 9.18 Å². The molecule has 0 bridgehead atoms. The lowest BCUT2D eigenvalue weighted by Crippen LogP contribution is -2.35. The van der Waals surface area contributed by atoms with E-state index in [4.69, 9.17) is 5.73 Å². The number of carbonyl (C=O) groups is 2. The number of carbonyl (C=O) groups excluding carboxylic acids is 2. The Labute approximate surface area is 110 Å². The first-order valence-corrected chi connectivity index (χ1v) is 5.94. The van der Waals surface area contributed by atoms with Gasteiger partial charge in [0.2, 0.25) is 5.91 Å². The molecule has 1 amide bonds. The molecule has 1 aromatic carbocycles. The van der Waals surface area contributed by atoms with E-state index < -0.39 is 23.7 Å². The second-order valence-electron chi connectivity index (χ2n) is 4.07. The van der Waals surface area contributed by atoms with Gasteiger partial charge in [0, 0.05) is 0 Å². The first-order chi connectivity index (χ1) is 8.99. The lowest BCUT2D eigenvalue weighted by atomic mass is 10.1. The van der Waals surface area contributed by atoms with Crippen LogP contribution in [-0.2, 0) is 9.53 Å². The predicted molar refractivity (Wildman–Crippen MR) is 69.3 cm³/mol. The highest BCUT2D eigenvalue weighted by atomic mass is 19.1. The summed E-state index contributed by atoms with van der Waals surface area (Å²) >= 11 is 0. The van der Waals surface area contributed by atoms with Gasteiger partial charge >= 0.3 is 5.97 Å². The number of rotatable bonds is 5. The minimum absolute atomic E-state index is 0.0838. The average Bonchev–Trinajstić information content (AvgIpc) is 2.40. The monoisotopic (exact) mass is 268 g/mol. The van der Waals surface area contributed by atoms with Crippen molar-refractivity contribution in [3.63, 3.8) is 0 Å². The minimum atomic E-state index is -0.703. The molecule has 0 spiro atoms. The van der Waals surface area contributed by atoms with Crippen molar-refractivity contribution in [3.8, 4) is 0 Å². The van der Waals surface area contributed by atoms with Gasteiger partial charge in [-0.3, -0.25) is 4.79 Å². The van der Waals surface area contributed by atoms with Crippen LogP contribution in [0.5, 0.6) is 0 Å². The summed E-state index contributed by atoms with van der Waals surface area (Å²) in [7, 11) is 1.22. The molecule has 0 fully saturated rings. The summed E-state index contributed by atoms with van der Waals surface area (Å²) in [6.07, 6.45) is 1.25. The van der Waals surface area contributed by atoms with Crippen LogP contribution < -0.4 is 11.1 Å². The van der Waals surface area contributed by atoms with E-state index in [1.807, 2.05) is 6.92 Å². The average molecular weight is 268 g/mol. The summed E-state index contributed by atoms with van der Waals surface area (Å²) in [4.78, 5) is 23.0. The molecule has 0 aliphatic heterocycles. The first-order valence-electron chi connectivity index (χ1n) is 5.94. The zero-order chi connectivity index (χ0) is 14.4. The maximum Gasteiger partial charge on any atom is 0.337 e. The number of halogens is 1. The molecular formula is C13H17FN2O3. The summed E-state index contributed by atoms with van der Waals surface area (Å²) < 4.78 is 18.1. The molecule has 0 saturated carbocycles. The molecule has 3 N–H and O–H groups in total. The molecule has 1 aromatic rings. The van der Waals surface area contributed by atoms with Crippen LogP contribution in [0.15, 0.2) is 18.2 Å². The molecule has 0 saturated heterocycles. The molecule has 1 unspecified atom stereocenters. The zero-order valence-electron chi connectivity index (χ0n) is 10.9. The fourth-order valence-electron chi connectivity index (χ4n) is 1.53. The third kappa shape index (κ3) is 4.03. The van der Waals surface area contributed by atoms with E-state index in [0.29, 0.717) is 6.42 Å². The Morgan fingerprint density at radius 3 is 2.74 bits per heavy atom. The van der Waals surface area contributed by atoms with Gasteiger partial charge in [-0.1, -0.05) is 13.3 Å². The van der Waals surface area contributed by atoms with E-state index in [-0.39, 0.29) is 11.3 Å². The molecule has 0 aromatic heterocycles. The molecule has 0 aliphatic carbocycles. The van der Waals surface area contributed by atoms with E-state index in [1.54, 1.807) is 0 Å². The molecule has 1 atom stereocenters. The first kappa shape index (κ1) is 15.1. The molecule has 104 valence electrons. The van der Waals surface area contributed by atoms with Crippen molar-refractivity contribution in [2.45, 2.75) is 25.8 Å². The molecule has 19 heavy (non-hydrogen) atoms. The van der Waals surface area contributed by atoms with Crippen molar-refractivity contribution in [3.05, 3.63) is 29.6 Å². The number of amides is 1. The molecule has 6 heteroatoms. The van der Waals surface area contributed by atoms with E-state index in [9.17, 15) is 14.0 Å². The van der Waals surface area contributed by atoms with Crippen LogP contribution in [0, 0.1) is 5.82 Å². The standard InChI is InChI=1S/C13H17FN2O3/c1-3-4-10(15)12(17)16-11-7-8(13(18)19-2)5-6-9(11)14/h5-7,10H,3-4,15H2,1-2H3,(H,16,17). The second-order valence-corrected chi connectivity index (χ2v) is 4.07. The third-order valence-corrected chi connectivity index (χ3v) is 2.58. The van der Waals surface area contributed by atoms with Crippen molar-refractivity contribution in [2.24, 2.45) is 5.73 Å². The highest BCUT2D eigenvalue weighted by Gasteiger charge is 2.16. The summed E-state index contributed by atoms with van der Waals surface area (Å²) in [6, 6.07) is 2.89. The SMILES string of the molecule is CCCC(N)C(=O)Nc1cc(C(=O)OC)ccc1F. The van der Waals surface area contributed by atoms with Crippen LogP contribution in [0.25, 0.3) is 0 Å². The Hall–Kier alpha value is -1.95. The van der Waals surface area contributed by atoms with E-state index >= 15 is 0 Å². The van der Waals surface area contributed by atoms with E-state index in [1.165, 1.54) is 19.2 Å². The number of ether oxygens (including phenoxy) is 1. The molecule has 0 aliphatic rings. The maximum atomic E-state index is 13.5. The minimum Gasteiger partial charge on any atom is -0.465 e. The third-order valence-electron chi connectivity index (χ3n) is 2.58. The van der Waals surface area contributed by atoms with Gasteiger partial charge in [0.15, 0.2) is 0 Å². The smallest absolute Gasteiger partial charge is 0.337 e. The molecular weight excluding hydrogens is 251 g/mol. The van der Waals surface area contributed by atoms with Gasteiger partial charge in [-0.2, -0.15) is 0 Å². The topological polar surface area (TPSA) is 81.4 Å². The van der Waals surface area contributed by atoms with Crippen molar-refractivity contribution in [1.29, 1.82) is 0 Å². The lowest BCUT2D eigenvalue weighted by Gasteiger charge is -2.12. The van der Waals surface area contributed by atoms with Crippen LogP contribution in [-0.4, -0.2) is 25.0 Å². The van der Waals surface area contributed by atoms with Crippen molar-refractivity contribution >= 4 is 17.6 Å². The summed E-state index contributed by atoms with van der Waals surface area (Å²) in [6.45, 7) is 1.89. The fraction of sp³-hybridized carbons (Fsp3) is 0.385. The number of benzene rings is 1. The summed E-state index contributed by atoms with van der Waals surface area (Å²) in [5.41, 5.74) is 5.70. The number of anilines is 1. The van der Waals surface area contributed by atoms with Crippen LogP contribution >= 0.6 is 0 Å². The fourth-order valence-corrected chi connectivity index (χ4v) is 1.53. The quantitative estimate of drug-likeness (QED) is 0.796. The van der Waals surface area contributed by atoms with Crippen LogP contribution in [0.4, 0.5) is 10.1 Å². The highest BCUT2D eigenvalue weighted by Crippen LogP contribution is 2.17. The van der Waals surface area contributed by atoms with Crippen molar-refractivity contribution < 1.29 is 18.7 Å². The van der Waals surface area contributed by atoms with E-state index in [0.717, 1.165) is 12.5 Å². The Morgan fingerprint density at radius 2 is 2.16 bits per heavy atom. The molecule has 0 radical (unpaired) electrons. The van der Waals surface area contributed by atoms with Gasteiger partial charge in [0.05, 0.1) is 24.4 Å². The molecule has 1 rings (SSSR count). The normalized spacial score (nSPS) is 11.8. The number of hydrogen-bond acceptors (Lipinski definition) is 4. The van der Waals surface area contributed by atoms with Gasteiger partial charge < -0.3 is 15.8 Å². The number of methoxy groups -OCH3 is 1.